The molecule has 1 heterocycles. The van der Waals surface area contributed by atoms with Crippen molar-refractivity contribution in [3.63, 3.8) is 0 Å². The molecule has 46 heavy (non-hydrogen) atoms. The third-order valence-corrected chi connectivity index (χ3v) is 7.97. The van der Waals surface area contributed by atoms with Crippen molar-refractivity contribution in [1.82, 2.24) is 10.3 Å². The second-order valence-electron chi connectivity index (χ2n) is 10.6. The molecule has 0 aliphatic heterocycles. The molecule has 228 valence electrons. The molecule has 0 saturated heterocycles. The fraction of sp³-hybridized carbons (Fsp3) is 0.0789. The van der Waals surface area contributed by atoms with E-state index in [2.05, 4.69) is 26.2 Å². The lowest BCUT2D eigenvalue weighted by Crippen LogP contribution is -2.42. The molecule has 0 bridgehead atoms. The van der Waals surface area contributed by atoms with Crippen LogP contribution < -0.4 is 14.8 Å². The summed E-state index contributed by atoms with van der Waals surface area (Å²) >= 11 is 3.42. The van der Waals surface area contributed by atoms with Crippen molar-refractivity contribution in [3.05, 3.63) is 155 Å². The van der Waals surface area contributed by atoms with Gasteiger partial charge in [0.05, 0.1) is 11.3 Å². The van der Waals surface area contributed by atoms with E-state index in [4.69, 9.17) is 9.47 Å². The number of halogens is 1. The third-order valence-electron chi connectivity index (χ3n) is 7.47. The number of carboxylic acid groups (broad SMARTS) is 1. The summed E-state index contributed by atoms with van der Waals surface area (Å²) in [6.45, 7) is 0.136. The van der Waals surface area contributed by atoms with E-state index < -0.39 is 17.9 Å². The second-order valence-corrected chi connectivity index (χ2v) is 11.5. The largest absolute Gasteiger partial charge is 0.486 e. The van der Waals surface area contributed by atoms with Crippen molar-refractivity contribution in [2.45, 2.75) is 19.1 Å². The summed E-state index contributed by atoms with van der Waals surface area (Å²) in [6, 6.07) is 38.5. The Kier molecular flexibility index (Phi) is 9.36. The van der Waals surface area contributed by atoms with Gasteiger partial charge in [0.2, 0.25) is 0 Å². The summed E-state index contributed by atoms with van der Waals surface area (Å²) in [5.41, 5.74) is 3.52. The van der Waals surface area contributed by atoms with Crippen LogP contribution in [-0.2, 0) is 17.8 Å². The number of benzene rings is 5. The van der Waals surface area contributed by atoms with Crippen LogP contribution in [0.3, 0.4) is 0 Å². The molecule has 1 amide bonds. The fourth-order valence-electron chi connectivity index (χ4n) is 5.15. The standard InChI is InChI=1S/C38H29BrN2O5/c39-28-18-19-35(45-24-34-30-11-5-4-8-26(30)20-21-40-34)32(23-28)37(42)41-33(38(43)44)22-25-14-16-27(17-15-25)31-12-6-7-13-36(31)46-29-9-2-1-3-10-29/h1-21,23,33H,22,24H2,(H,41,42)(H,43,44). The monoisotopic (exact) mass is 672 g/mol. The highest BCUT2D eigenvalue weighted by Gasteiger charge is 2.24. The molecule has 0 fully saturated rings. The Balaban J connectivity index is 1.16. The van der Waals surface area contributed by atoms with Crippen LogP contribution in [0.2, 0.25) is 0 Å². The molecule has 0 aliphatic rings. The fourth-order valence-corrected chi connectivity index (χ4v) is 5.51. The molecule has 6 rings (SSSR count). The van der Waals surface area contributed by atoms with Gasteiger partial charge in [-0.2, -0.15) is 0 Å². The molecule has 5 aromatic carbocycles. The average molecular weight is 674 g/mol. The van der Waals surface area contributed by atoms with Crippen molar-refractivity contribution in [2.75, 3.05) is 0 Å². The number of amides is 1. The Hall–Kier alpha value is -5.47. The lowest BCUT2D eigenvalue weighted by molar-refractivity contribution is -0.139. The van der Waals surface area contributed by atoms with Crippen molar-refractivity contribution < 1.29 is 24.2 Å². The quantitative estimate of drug-likeness (QED) is 0.143. The zero-order valence-electron chi connectivity index (χ0n) is 24.6. The topological polar surface area (TPSA) is 97.8 Å². The minimum Gasteiger partial charge on any atom is -0.486 e. The van der Waals surface area contributed by atoms with Crippen LogP contribution in [0, 0.1) is 0 Å². The number of para-hydroxylation sites is 2. The summed E-state index contributed by atoms with van der Waals surface area (Å²) < 4.78 is 12.8. The first kappa shape index (κ1) is 30.6. The van der Waals surface area contributed by atoms with Crippen molar-refractivity contribution in [2.24, 2.45) is 0 Å². The van der Waals surface area contributed by atoms with Crippen molar-refractivity contribution in [1.29, 1.82) is 0 Å². The molecule has 1 unspecified atom stereocenters. The maximum Gasteiger partial charge on any atom is 0.326 e. The van der Waals surface area contributed by atoms with E-state index in [-0.39, 0.29) is 18.6 Å². The van der Waals surface area contributed by atoms with Gasteiger partial charge < -0.3 is 19.9 Å². The first-order valence-corrected chi connectivity index (χ1v) is 15.4. The first-order valence-electron chi connectivity index (χ1n) is 14.6. The number of pyridine rings is 1. The summed E-state index contributed by atoms with van der Waals surface area (Å²) in [5.74, 6) is 0.0613. The Labute approximate surface area is 274 Å². The van der Waals surface area contributed by atoms with E-state index >= 15 is 0 Å². The lowest BCUT2D eigenvalue weighted by Gasteiger charge is -2.17. The van der Waals surface area contributed by atoms with Crippen LogP contribution in [0.1, 0.15) is 21.6 Å². The van der Waals surface area contributed by atoms with Gasteiger partial charge in [0.1, 0.15) is 29.9 Å². The SMILES string of the molecule is O=C(NC(Cc1ccc(-c2ccccc2Oc2ccccc2)cc1)C(=O)O)c1cc(Br)ccc1OCc1nccc2ccccc12. The molecular weight excluding hydrogens is 644 g/mol. The second kappa shape index (κ2) is 14.1. The molecule has 1 aromatic heterocycles. The number of hydrogen-bond donors (Lipinski definition) is 2. The Morgan fingerprint density at radius 2 is 1.54 bits per heavy atom. The Morgan fingerprint density at radius 3 is 2.35 bits per heavy atom. The van der Waals surface area contributed by atoms with E-state index in [9.17, 15) is 14.7 Å². The van der Waals surface area contributed by atoms with Gasteiger partial charge in [-0.05, 0) is 59.0 Å². The molecule has 2 N–H and O–H groups in total. The number of carbonyl (C=O) groups is 2. The number of nitrogens with zero attached hydrogens (tertiary/aromatic N) is 1. The van der Waals surface area contributed by atoms with E-state index in [0.29, 0.717) is 16.0 Å². The number of carboxylic acids is 1. The molecular formula is C38H29BrN2O5. The van der Waals surface area contributed by atoms with Gasteiger partial charge >= 0.3 is 5.97 Å². The molecule has 1 atom stereocenters. The predicted octanol–water partition coefficient (Wildman–Crippen LogP) is 8.46. The van der Waals surface area contributed by atoms with Crippen molar-refractivity contribution >= 4 is 38.6 Å². The van der Waals surface area contributed by atoms with E-state index in [1.807, 2.05) is 109 Å². The smallest absolute Gasteiger partial charge is 0.326 e. The zero-order chi connectivity index (χ0) is 31.9. The number of hydrogen-bond acceptors (Lipinski definition) is 5. The van der Waals surface area contributed by atoms with Crippen LogP contribution in [0.15, 0.2) is 138 Å². The van der Waals surface area contributed by atoms with Gasteiger partial charge in [0.25, 0.3) is 5.91 Å². The van der Waals surface area contributed by atoms with Crippen LogP contribution in [0.4, 0.5) is 0 Å². The average Bonchev–Trinajstić information content (AvgIpc) is 3.08. The van der Waals surface area contributed by atoms with E-state index in [1.54, 1.807) is 24.4 Å². The minimum absolute atomic E-state index is 0.0909. The van der Waals surface area contributed by atoms with Crippen LogP contribution in [-0.4, -0.2) is 28.0 Å². The third kappa shape index (κ3) is 7.25. The number of carbonyl (C=O) groups excluding carboxylic acids is 1. The van der Waals surface area contributed by atoms with Crippen LogP contribution in [0.5, 0.6) is 17.2 Å². The predicted molar refractivity (Wildman–Crippen MR) is 181 cm³/mol. The number of aromatic nitrogens is 1. The van der Waals surface area contributed by atoms with Gasteiger partial charge in [0.15, 0.2) is 0 Å². The Morgan fingerprint density at radius 1 is 0.804 bits per heavy atom. The molecule has 8 heteroatoms. The number of nitrogens with one attached hydrogen (secondary N) is 1. The van der Waals surface area contributed by atoms with Gasteiger partial charge in [-0.25, -0.2) is 4.79 Å². The molecule has 6 aromatic rings. The van der Waals surface area contributed by atoms with Crippen LogP contribution in [0.25, 0.3) is 21.9 Å². The highest BCUT2D eigenvalue weighted by atomic mass is 79.9. The van der Waals surface area contributed by atoms with Gasteiger partial charge in [0, 0.05) is 28.0 Å². The van der Waals surface area contributed by atoms with Gasteiger partial charge in [-0.1, -0.05) is 101 Å². The number of rotatable bonds is 11. The van der Waals surface area contributed by atoms with E-state index in [1.165, 1.54) is 0 Å². The highest BCUT2D eigenvalue weighted by Crippen LogP contribution is 2.33. The Bertz CT molecular complexity index is 1990. The highest BCUT2D eigenvalue weighted by molar-refractivity contribution is 9.10. The maximum atomic E-state index is 13.5. The van der Waals surface area contributed by atoms with Gasteiger partial charge in [-0.15, -0.1) is 0 Å². The zero-order valence-corrected chi connectivity index (χ0v) is 26.2. The first-order chi connectivity index (χ1) is 22.4. The van der Waals surface area contributed by atoms with Crippen molar-refractivity contribution in [3.8, 4) is 28.4 Å². The number of ether oxygens (including phenoxy) is 2. The normalized spacial score (nSPS) is 11.5. The lowest BCUT2D eigenvalue weighted by atomic mass is 9.99. The number of aliphatic carboxylic acids is 1. The van der Waals surface area contributed by atoms with Crippen LogP contribution >= 0.6 is 15.9 Å². The van der Waals surface area contributed by atoms with Gasteiger partial charge in [-0.3, -0.25) is 9.78 Å². The molecule has 0 aliphatic carbocycles. The summed E-state index contributed by atoms with van der Waals surface area (Å²) in [4.78, 5) is 30.2. The maximum absolute atomic E-state index is 13.5. The minimum atomic E-state index is -1.17. The summed E-state index contributed by atoms with van der Waals surface area (Å²) in [6.07, 6.45) is 1.81. The molecule has 0 spiro atoms. The molecule has 0 radical (unpaired) electrons. The molecule has 0 saturated carbocycles. The summed E-state index contributed by atoms with van der Waals surface area (Å²) in [5, 5.41) is 14.7. The molecule has 7 nitrogen and oxygen atoms in total. The van der Waals surface area contributed by atoms with E-state index in [0.717, 1.165) is 38.9 Å². The number of fused-ring (bicyclic) bond motifs is 1. The summed E-state index contributed by atoms with van der Waals surface area (Å²) in [7, 11) is 0.